The van der Waals surface area contributed by atoms with Gasteiger partial charge in [-0.2, -0.15) is 17.6 Å². The quantitative estimate of drug-likeness (QED) is 0.669. The number of anilines is 1. The number of rotatable bonds is 5. The summed E-state index contributed by atoms with van der Waals surface area (Å²) in [5, 5.41) is 2.35. The number of hydrogen-bond donors (Lipinski definition) is 2. The Bertz CT molecular complexity index is 1050. The Morgan fingerprint density at radius 2 is 1.91 bits per heavy atom. The molecule has 32 heavy (non-hydrogen) atoms. The molecule has 172 valence electrons. The Labute approximate surface area is 178 Å². The summed E-state index contributed by atoms with van der Waals surface area (Å²) in [6.45, 7) is 1.19. The molecule has 4 atom stereocenters. The van der Waals surface area contributed by atoms with Crippen molar-refractivity contribution in [2.75, 3.05) is 12.4 Å². The number of aromatic nitrogens is 1. The van der Waals surface area contributed by atoms with Gasteiger partial charge >= 0.3 is 6.18 Å². The highest BCUT2D eigenvalue weighted by Gasteiger charge is 2.57. The number of ether oxygens (including phenoxy) is 2. The van der Waals surface area contributed by atoms with Crippen molar-refractivity contribution in [1.82, 2.24) is 4.98 Å². The van der Waals surface area contributed by atoms with Gasteiger partial charge in [-0.25, -0.2) is 4.39 Å². The average Bonchev–Trinajstić information content (AvgIpc) is 3.07. The second-order valence-corrected chi connectivity index (χ2v) is 7.17. The van der Waals surface area contributed by atoms with Crippen molar-refractivity contribution in [3.8, 4) is 5.75 Å². The summed E-state index contributed by atoms with van der Waals surface area (Å²) < 4.78 is 78.5. The number of carbonyl (C=O) groups is 2. The molecule has 1 aliphatic rings. The number of methoxy groups -OCH3 is 1. The standard InChI is InChI=1S/C20H18F5N3O4/c1-8-13(10-3-4-11(21)14(22)15(10)31-2)16(32-17(8)20(23,24)25)19(30)28-9-5-6-27-12(7-9)18(26)29/h3-8,13,16-17H,1-2H3,(H2,26,29)(H,27,28,30)/t8-,13+,16+,17-/m1/s1. The van der Waals surface area contributed by atoms with E-state index in [0.717, 1.165) is 25.3 Å². The van der Waals surface area contributed by atoms with Gasteiger partial charge in [-0.05, 0) is 18.2 Å². The molecule has 1 aromatic carbocycles. The Kier molecular flexibility index (Phi) is 6.35. The number of benzene rings is 1. The van der Waals surface area contributed by atoms with E-state index in [9.17, 15) is 31.5 Å². The number of nitrogens with zero attached hydrogens (tertiary/aromatic N) is 1. The van der Waals surface area contributed by atoms with Crippen molar-refractivity contribution in [2.24, 2.45) is 11.7 Å². The van der Waals surface area contributed by atoms with E-state index in [0.29, 0.717) is 0 Å². The number of amides is 2. The third-order valence-electron chi connectivity index (χ3n) is 5.17. The van der Waals surface area contributed by atoms with Gasteiger partial charge in [0.1, 0.15) is 11.8 Å². The summed E-state index contributed by atoms with van der Waals surface area (Å²) in [5.74, 6) is -7.83. The fourth-order valence-corrected chi connectivity index (χ4v) is 3.75. The van der Waals surface area contributed by atoms with E-state index in [-0.39, 0.29) is 16.9 Å². The highest BCUT2D eigenvalue weighted by molar-refractivity contribution is 5.97. The summed E-state index contributed by atoms with van der Waals surface area (Å²) in [6, 6.07) is 4.21. The molecule has 1 saturated heterocycles. The normalized spacial score (nSPS) is 23.1. The van der Waals surface area contributed by atoms with Crippen LogP contribution in [0.1, 0.15) is 28.9 Å². The zero-order chi connectivity index (χ0) is 23.8. The molecule has 2 aromatic rings. The number of alkyl halides is 3. The van der Waals surface area contributed by atoms with E-state index in [1.54, 1.807) is 0 Å². The predicted octanol–water partition coefficient (Wildman–Crippen LogP) is 3.16. The van der Waals surface area contributed by atoms with Gasteiger partial charge in [0.25, 0.3) is 11.8 Å². The number of hydrogen-bond acceptors (Lipinski definition) is 5. The number of primary amides is 1. The van der Waals surface area contributed by atoms with E-state index in [1.807, 2.05) is 0 Å². The molecule has 0 unspecified atom stereocenters. The fourth-order valence-electron chi connectivity index (χ4n) is 3.75. The Hall–Kier alpha value is -3.28. The highest BCUT2D eigenvalue weighted by Crippen LogP contribution is 2.49. The number of nitrogens with one attached hydrogen (secondary N) is 1. The molecular weight excluding hydrogens is 441 g/mol. The van der Waals surface area contributed by atoms with Gasteiger partial charge in [-0.1, -0.05) is 13.0 Å². The van der Waals surface area contributed by atoms with Crippen LogP contribution in [0, 0.1) is 17.6 Å². The van der Waals surface area contributed by atoms with Crippen molar-refractivity contribution in [2.45, 2.75) is 31.2 Å². The van der Waals surface area contributed by atoms with Gasteiger partial charge < -0.3 is 20.5 Å². The molecule has 2 heterocycles. The lowest BCUT2D eigenvalue weighted by Crippen LogP contribution is -2.35. The lowest BCUT2D eigenvalue weighted by molar-refractivity contribution is -0.221. The molecule has 2 amide bonds. The first-order chi connectivity index (χ1) is 15.0. The average molecular weight is 459 g/mol. The van der Waals surface area contributed by atoms with Gasteiger partial charge in [0, 0.05) is 29.3 Å². The number of carbonyl (C=O) groups excluding carboxylic acids is 2. The molecule has 0 bridgehead atoms. The fraction of sp³-hybridized carbons (Fsp3) is 0.350. The third kappa shape index (κ3) is 4.35. The Morgan fingerprint density at radius 1 is 1.22 bits per heavy atom. The largest absolute Gasteiger partial charge is 0.493 e. The first kappa shape index (κ1) is 23.4. The SMILES string of the molecule is COc1c([C@@H]2[C@@H](C)[C@H](C(F)(F)F)O[C@@H]2C(=O)Nc2ccnc(C(N)=O)c2)ccc(F)c1F. The molecule has 0 spiro atoms. The lowest BCUT2D eigenvalue weighted by atomic mass is 9.81. The van der Waals surface area contributed by atoms with E-state index in [1.165, 1.54) is 19.2 Å². The Morgan fingerprint density at radius 3 is 2.50 bits per heavy atom. The molecule has 1 fully saturated rings. The molecule has 3 rings (SSSR count). The molecule has 0 aliphatic carbocycles. The first-order valence-corrected chi connectivity index (χ1v) is 9.26. The van der Waals surface area contributed by atoms with Crippen LogP contribution in [0.25, 0.3) is 0 Å². The van der Waals surface area contributed by atoms with Crippen LogP contribution >= 0.6 is 0 Å². The van der Waals surface area contributed by atoms with Crippen LogP contribution < -0.4 is 15.8 Å². The van der Waals surface area contributed by atoms with Gasteiger partial charge in [-0.15, -0.1) is 0 Å². The van der Waals surface area contributed by atoms with E-state index in [2.05, 4.69) is 10.3 Å². The molecule has 12 heteroatoms. The maximum absolute atomic E-state index is 14.3. The third-order valence-corrected chi connectivity index (χ3v) is 5.17. The minimum absolute atomic E-state index is 0.0292. The van der Waals surface area contributed by atoms with Crippen LogP contribution in [-0.4, -0.2) is 42.3 Å². The molecule has 1 aliphatic heterocycles. The van der Waals surface area contributed by atoms with Crippen molar-refractivity contribution >= 4 is 17.5 Å². The second-order valence-electron chi connectivity index (χ2n) is 7.17. The molecular formula is C20H18F5N3O4. The summed E-state index contributed by atoms with van der Waals surface area (Å²) in [5.41, 5.74) is 4.82. The van der Waals surface area contributed by atoms with Crippen molar-refractivity contribution in [1.29, 1.82) is 0 Å². The van der Waals surface area contributed by atoms with Gasteiger partial charge in [0.2, 0.25) is 5.82 Å². The van der Waals surface area contributed by atoms with Crippen molar-refractivity contribution in [3.63, 3.8) is 0 Å². The van der Waals surface area contributed by atoms with Gasteiger partial charge in [0.15, 0.2) is 17.7 Å². The zero-order valence-electron chi connectivity index (χ0n) is 16.7. The first-order valence-electron chi connectivity index (χ1n) is 9.26. The van der Waals surface area contributed by atoms with E-state index < -0.39 is 59.4 Å². The van der Waals surface area contributed by atoms with Crippen LogP contribution in [0.15, 0.2) is 30.5 Å². The van der Waals surface area contributed by atoms with E-state index in [4.69, 9.17) is 15.2 Å². The van der Waals surface area contributed by atoms with Crippen molar-refractivity contribution in [3.05, 3.63) is 53.4 Å². The monoisotopic (exact) mass is 459 g/mol. The molecule has 7 nitrogen and oxygen atoms in total. The zero-order valence-corrected chi connectivity index (χ0v) is 16.7. The molecule has 1 aromatic heterocycles. The minimum Gasteiger partial charge on any atom is -0.493 e. The Balaban J connectivity index is 2.02. The maximum Gasteiger partial charge on any atom is 0.414 e. The molecule has 0 saturated carbocycles. The summed E-state index contributed by atoms with van der Waals surface area (Å²) in [7, 11) is 1.03. The summed E-state index contributed by atoms with van der Waals surface area (Å²) in [4.78, 5) is 27.9. The number of pyridine rings is 1. The molecule has 0 radical (unpaired) electrons. The maximum atomic E-state index is 14.3. The van der Waals surface area contributed by atoms with Crippen LogP contribution in [0.3, 0.4) is 0 Å². The van der Waals surface area contributed by atoms with E-state index >= 15 is 0 Å². The smallest absolute Gasteiger partial charge is 0.414 e. The van der Waals surface area contributed by atoms with Crippen LogP contribution in [0.5, 0.6) is 5.75 Å². The van der Waals surface area contributed by atoms with Crippen LogP contribution in [-0.2, 0) is 9.53 Å². The van der Waals surface area contributed by atoms with Gasteiger partial charge in [0.05, 0.1) is 7.11 Å². The highest BCUT2D eigenvalue weighted by atomic mass is 19.4. The minimum atomic E-state index is -4.83. The summed E-state index contributed by atoms with van der Waals surface area (Å²) >= 11 is 0. The van der Waals surface area contributed by atoms with Crippen molar-refractivity contribution < 1.29 is 41.0 Å². The van der Waals surface area contributed by atoms with Crippen LogP contribution in [0.4, 0.5) is 27.6 Å². The number of nitrogens with two attached hydrogens (primary N) is 1. The predicted molar refractivity (Wildman–Crippen MR) is 101 cm³/mol. The topological polar surface area (TPSA) is 104 Å². The second kappa shape index (κ2) is 8.69. The number of halogens is 5. The van der Waals surface area contributed by atoms with Crippen LogP contribution in [0.2, 0.25) is 0 Å². The lowest BCUT2D eigenvalue weighted by Gasteiger charge is -2.24. The summed E-state index contributed by atoms with van der Waals surface area (Å²) in [6.07, 6.45) is -7.74. The van der Waals surface area contributed by atoms with Gasteiger partial charge in [-0.3, -0.25) is 14.6 Å². The molecule has 3 N–H and O–H groups in total.